The maximum atomic E-state index is 11.2. The van der Waals surface area contributed by atoms with Crippen molar-refractivity contribution in [3.63, 3.8) is 0 Å². The van der Waals surface area contributed by atoms with Crippen LogP contribution in [-0.4, -0.2) is 13.1 Å². The summed E-state index contributed by atoms with van der Waals surface area (Å²) in [5, 5.41) is 8.91. The van der Waals surface area contributed by atoms with Gasteiger partial charge in [-0.3, -0.25) is 0 Å². The Bertz CT molecular complexity index is 624. The van der Waals surface area contributed by atoms with Crippen LogP contribution in [0.4, 0.5) is 0 Å². The molecular formula is C14H11NO4. The van der Waals surface area contributed by atoms with E-state index in [1.807, 2.05) is 6.07 Å². The average Bonchev–Trinajstić information content (AvgIpc) is 2.93. The van der Waals surface area contributed by atoms with Gasteiger partial charge in [0.15, 0.2) is 0 Å². The molecule has 0 radical (unpaired) electrons. The molecule has 5 heteroatoms. The fourth-order valence-electron chi connectivity index (χ4n) is 1.50. The molecule has 0 saturated heterocycles. The molecule has 5 nitrogen and oxygen atoms in total. The number of carbonyl (C=O) groups is 1. The minimum Gasteiger partial charge on any atom is -0.484 e. The number of benzene rings is 1. The van der Waals surface area contributed by atoms with Crippen molar-refractivity contribution in [3.8, 4) is 11.8 Å². The number of ether oxygens (including phenoxy) is 2. The van der Waals surface area contributed by atoms with Gasteiger partial charge in [0.25, 0.3) is 0 Å². The molecule has 0 N–H and O–H groups in total. The zero-order valence-electron chi connectivity index (χ0n) is 10.3. The van der Waals surface area contributed by atoms with E-state index in [9.17, 15) is 4.79 Å². The Kier molecular flexibility index (Phi) is 3.84. The van der Waals surface area contributed by atoms with Gasteiger partial charge < -0.3 is 13.9 Å². The van der Waals surface area contributed by atoms with Crippen molar-refractivity contribution in [1.82, 2.24) is 0 Å². The van der Waals surface area contributed by atoms with Gasteiger partial charge >= 0.3 is 5.97 Å². The van der Waals surface area contributed by atoms with Crippen molar-refractivity contribution in [2.75, 3.05) is 7.11 Å². The lowest BCUT2D eigenvalue weighted by atomic mass is 10.2. The highest BCUT2D eigenvalue weighted by Crippen LogP contribution is 2.19. The molecule has 0 aliphatic heterocycles. The molecule has 0 atom stereocenters. The van der Waals surface area contributed by atoms with Gasteiger partial charge in [-0.25, -0.2) is 4.79 Å². The van der Waals surface area contributed by atoms with Gasteiger partial charge in [-0.05, 0) is 24.3 Å². The van der Waals surface area contributed by atoms with E-state index >= 15 is 0 Å². The van der Waals surface area contributed by atoms with Gasteiger partial charge in [-0.1, -0.05) is 12.1 Å². The van der Waals surface area contributed by atoms with Crippen LogP contribution in [0.15, 0.2) is 40.8 Å². The van der Waals surface area contributed by atoms with E-state index in [-0.39, 0.29) is 12.4 Å². The van der Waals surface area contributed by atoms with E-state index in [0.29, 0.717) is 17.1 Å². The van der Waals surface area contributed by atoms with Gasteiger partial charge in [0.2, 0.25) is 5.76 Å². The second kappa shape index (κ2) is 5.74. The number of esters is 1. The zero-order valence-corrected chi connectivity index (χ0v) is 10.3. The molecule has 1 aromatic carbocycles. The zero-order chi connectivity index (χ0) is 13.7. The van der Waals surface area contributed by atoms with Gasteiger partial charge in [-0.2, -0.15) is 5.26 Å². The second-order valence-electron chi connectivity index (χ2n) is 3.65. The fourth-order valence-corrected chi connectivity index (χ4v) is 1.50. The molecule has 96 valence electrons. The molecule has 2 rings (SSSR count). The third-order valence-electron chi connectivity index (χ3n) is 2.43. The molecule has 0 unspecified atom stereocenters. The summed E-state index contributed by atoms with van der Waals surface area (Å²) in [7, 11) is 1.28. The number of carbonyl (C=O) groups excluding carboxylic acids is 1. The van der Waals surface area contributed by atoms with Gasteiger partial charge in [0.05, 0.1) is 12.7 Å². The van der Waals surface area contributed by atoms with Crippen LogP contribution in [0.5, 0.6) is 5.75 Å². The summed E-state index contributed by atoms with van der Waals surface area (Å²) in [5.74, 6) is 0.535. The number of hydrogen-bond donors (Lipinski definition) is 0. The Morgan fingerprint density at radius 1 is 1.32 bits per heavy atom. The summed E-state index contributed by atoms with van der Waals surface area (Å²) >= 11 is 0. The van der Waals surface area contributed by atoms with Crippen LogP contribution >= 0.6 is 0 Å². The van der Waals surface area contributed by atoms with Crippen LogP contribution in [0.1, 0.15) is 21.9 Å². The third kappa shape index (κ3) is 2.93. The van der Waals surface area contributed by atoms with E-state index in [1.165, 1.54) is 13.2 Å². The lowest BCUT2D eigenvalue weighted by molar-refractivity contribution is 0.0561. The van der Waals surface area contributed by atoms with Crippen molar-refractivity contribution in [3.05, 3.63) is 53.5 Å². The first kappa shape index (κ1) is 12.7. The summed E-state index contributed by atoms with van der Waals surface area (Å²) in [5.41, 5.74) is 0.447. The number of para-hydroxylation sites is 1. The van der Waals surface area contributed by atoms with E-state index in [2.05, 4.69) is 4.74 Å². The van der Waals surface area contributed by atoms with Crippen molar-refractivity contribution in [2.24, 2.45) is 0 Å². The second-order valence-corrected chi connectivity index (χ2v) is 3.65. The molecule has 0 amide bonds. The average molecular weight is 257 g/mol. The number of nitriles is 1. The predicted octanol–water partition coefficient (Wildman–Crippen LogP) is 2.52. The molecule has 19 heavy (non-hydrogen) atoms. The van der Waals surface area contributed by atoms with E-state index in [4.69, 9.17) is 14.4 Å². The Labute approximate surface area is 110 Å². The standard InChI is InChI=1S/C14H11NO4/c1-17-14(16)13-7-6-11(19-13)9-18-12-5-3-2-4-10(12)8-15/h2-7H,9H2,1H3. The number of hydrogen-bond acceptors (Lipinski definition) is 5. The molecule has 0 saturated carbocycles. The van der Waals surface area contributed by atoms with Crippen molar-refractivity contribution in [2.45, 2.75) is 6.61 Å². The molecule has 2 aromatic rings. The number of methoxy groups -OCH3 is 1. The molecular weight excluding hydrogens is 246 g/mol. The lowest BCUT2D eigenvalue weighted by Crippen LogP contribution is -1.99. The number of rotatable bonds is 4. The van der Waals surface area contributed by atoms with Gasteiger partial charge in [-0.15, -0.1) is 0 Å². The first-order valence-corrected chi connectivity index (χ1v) is 5.53. The minimum absolute atomic E-state index is 0.120. The van der Waals surface area contributed by atoms with Crippen LogP contribution in [0.3, 0.4) is 0 Å². The van der Waals surface area contributed by atoms with Crippen molar-refractivity contribution in [1.29, 1.82) is 5.26 Å². The molecule has 0 bridgehead atoms. The van der Waals surface area contributed by atoms with Crippen LogP contribution in [0.2, 0.25) is 0 Å². The Morgan fingerprint density at radius 2 is 2.11 bits per heavy atom. The molecule has 1 heterocycles. The van der Waals surface area contributed by atoms with Gasteiger partial charge in [0, 0.05) is 0 Å². The lowest BCUT2D eigenvalue weighted by Gasteiger charge is -2.05. The van der Waals surface area contributed by atoms with E-state index in [1.54, 1.807) is 30.3 Å². The highest BCUT2D eigenvalue weighted by atomic mass is 16.5. The normalized spacial score (nSPS) is 9.68. The maximum absolute atomic E-state index is 11.2. The monoisotopic (exact) mass is 257 g/mol. The fraction of sp³-hybridized carbons (Fsp3) is 0.143. The largest absolute Gasteiger partial charge is 0.484 e. The van der Waals surface area contributed by atoms with Crippen molar-refractivity contribution < 1.29 is 18.7 Å². The SMILES string of the molecule is COC(=O)c1ccc(COc2ccccc2C#N)o1. The molecule has 0 fully saturated rings. The molecule has 1 aromatic heterocycles. The van der Waals surface area contributed by atoms with Crippen LogP contribution in [0.25, 0.3) is 0 Å². The molecule has 0 aliphatic carbocycles. The van der Waals surface area contributed by atoms with Gasteiger partial charge in [0.1, 0.15) is 24.2 Å². The van der Waals surface area contributed by atoms with Crippen LogP contribution < -0.4 is 4.74 Å². The summed E-state index contributed by atoms with van der Waals surface area (Å²) < 4.78 is 15.3. The summed E-state index contributed by atoms with van der Waals surface area (Å²) in [4.78, 5) is 11.2. The highest BCUT2D eigenvalue weighted by Gasteiger charge is 2.11. The quantitative estimate of drug-likeness (QED) is 0.787. The smallest absolute Gasteiger partial charge is 0.373 e. The first-order chi connectivity index (χ1) is 9.24. The minimum atomic E-state index is -0.538. The Morgan fingerprint density at radius 3 is 2.84 bits per heavy atom. The Balaban J connectivity index is 2.05. The summed E-state index contributed by atoms with van der Waals surface area (Å²) in [6.07, 6.45) is 0. The van der Waals surface area contributed by atoms with Crippen LogP contribution in [0, 0.1) is 11.3 Å². The Hall–Kier alpha value is -2.74. The topological polar surface area (TPSA) is 72.5 Å². The molecule has 0 spiro atoms. The predicted molar refractivity (Wildman–Crippen MR) is 65.5 cm³/mol. The highest BCUT2D eigenvalue weighted by molar-refractivity contribution is 5.86. The third-order valence-corrected chi connectivity index (χ3v) is 2.43. The maximum Gasteiger partial charge on any atom is 0.373 e. The number of nitrogens with zero attached hydrogens (tertiary/aromatic N) is 1. The van der Waals surface area contributed by atoms with E-state index < -0.39 is 5.97 Å². The summed E-state index contributed by atoms with van der Waals surface area (Å²) in [6.45, 7) is 0.135. The number of furan rings is 1. The van der Waals surface area contributed by atoms with Crippen LogP contribution in [-0.2, 0) is 11.3 Å². The van der Waals surface area contributed by atoms with E-state index in [0.717, 1.165) is 0 Å². The summed E-state index contributed by atoms with van der Waals surface area (Å²) in [6, 6.07) is 12.1. The van der Waals surface area contributed by atoms with Crippen molar-refractivity contribution >= 4 is 5.97 Å². The molecule has 0 aliphatic rings. The first-order valence-electron chi connectivity index (χ1n) is 5.53.